The summed E-state index contributed by atoms with van der Waals surface area (Å²) < 4.78 is 1.85. The topological polar surface area (TPSA) is 38.0 Å². The summed E-state index contributed by atoms with van der Waals surface area (Å²) in [6, 6.07) is 8.09. The Labute approximate surface area is 95.3 Å². The van der Waals surface area contributed by atoms with E-state index in [1.54, 1.807) is 0 Å². The normalized spacial score (nSPS) is 10.6. The summed E-state index contributed by atoms with van der Waals surface area (Å²) in [4.78, 5) is 0. The molecule has 0 aliphatic carbocycles. The van der Waals surface area contributed by atoms with Gasteiger partial charge in [0.2, 0.25) is 0 Å². The van der Waals surface area contributed by atoms with Gasteiger partial charge in [-0.1, -0.05) is 30.7 Å². The number of aromatic nitrogens is 2. The molecule has 0 radical (unpaired) electrons. The smallest absolute Gasteiger partial charge is 0.161 e. The highest BCUT2D eigenvalue weighted by Crippen LogP contribution is 2.29. The summed E-state index contributed by atoms with van der Waals surface area (Å²) in [5.41, 5.74) is 3.01. The number of benzene rings is 1. The van der Waals surface area contributed by atoms with Crippen molar-refractivity contribution in [2.75, 3.05) is 0 Å². The SMILES string of the molecule is CCCn1ncc(O)c1-c1cccc(C)c1. The molecule has 0 fully saturated rings. The second-order valence-corrected chi connectivity index (χ2v) is 3.97. The van der Waals surface area contributed by atoms with E-state index in [-0.39, 0.29) is 5.75 Å². The van der Waals surface area contributed by atoms with Crippen molar-refractivity contribution < 1.29 is 5.11 Å². The van der Waals surface area contributed by atoms with E-state index >= 15 is 0 Å². The molecule has 0 unspecified atom stereocenters. The van der Waals surface area contributed by atoms with Gasteiger partial charge in [-0.25, -0.2) is 0 Å². The van der Waals surface area contributed by atoms with Crippen LogP contribution >= 0.6 is 0 Å². The first kappa shape index (κ1) is 10.7. The number of hydrogen-bond donors (Lipinski definition) is 1. The molecule has 16 heavy (non-hydrogen) atoms. The first-order valence-corrected chi connectivity index (χ1v) is 5.54. The molecule has 1 heterocycles. The van der Waals surface area contributed by atoms with Crippen molar-refractivity contribution in [1.29, 1.82) is 0 Å². The maximum Gasteiger partial charge on any atom is 0.161 e. The number of hydrogen-bond acceptors (Lipinski definition) is 2. The van der Waals surface area contributed by atoms with Crippen LogP contribution in [0.25, 0.3) is 11.3 Å². The lowest BCUT2D eigenvalue weighted by Crippen LogP contribution is -2.01. The molecule has 1 N–H and O–H groups in total. The third kappa shape index (κ3) is 1.94. The van der Waals surface area contributed by atoms with E-state index in [4.69, 9.17) is 0 Å². The monoisotopic (exact) mass is 216 g/mol. The second kappa shape index (κ2) is 4.39. The van der Waals surface area contributed by atoms with Crippen LogP contribution < -0.4 is 0 Å². The van der Waals surface area contributed by atoms with Gasteiger partial charge in [0.15, 0.2) is 5.75 Å². The molecule has 3 nitrogen and oxygen atoms in total. The molecule has 0 saturated heterocycles. The van der Waals surface area contributed by atoms with E-state index in [9.17, 15) is 5.11 Å². The fourth-order valence-electron chi connectivity index (χ4n) is 1.85. The van der Waals surface area contributed by atoms with Crippen molar-refractivity contribution >= 4 is 0 Å². The molecule has 0 spiro atoms. The molecule has 3 heteroatoms. The van der Waals surface area contributed by atoms with Crippen LogP contribution in [0.3, 0.4) is 0 Å². The summed E-state index contributed by atoms with van der Waals surface area (Å²) >= 11 is 0. The molecule has 0 atom stereocenters. The lowest BCUT2D eigenvalue weighted by molar-refractivity contribution is 0.476. The number of aromatic hydroxyl groups is 1. The predicted molar refractivity (Wildman–Crippen MR) is 64.4 cm³/mol. The molecule has 0 saturated carbocycles. The zero-order chi connectivity index (χ0) is 11.5. The minimum absolute atomic E-state index is 0.249. The Balaban J connectivity index is 2.50. The van der Waals surface area contributed by atoms with Crippen LogP contribution in [0.15, 0.2) is 30.5 Å². The zero-order valence-electron chi connectivity index (χ0n) is 9.64. The van der Waals surface area contributed by atoms with E-state index in [0.717, 1.165) is 24.2 Å². The number of nitrogens with zero attached hydrogens (tertiary/aromatic N) is 2. The lowest BCUT2D eigenvalue weighted by atomic mass is 10.1. The zero-order valence-corrected chi connectivity index (χ0v) is 9.64. The van der Waals surface area contributed by atoms with E-state index in [2.05, 4.69) is 18.1 Å². The summed E-state index contributed by atoms with van der Waals surface area (Å²) in [7, 11) is 0. The van der Waals surface area contributed by atoms with Gasteiger partial charge in [-0.05, 0) is 19.4 Å². The average Bonchev–Trinajstić information content (AvgIpc) is 2.60. The Kier molecular flexibility index (Phi) is 2.95. The molecule has 1 aromatic carbocycles. The fraction of sp³-hybridized carbons (Fsp3) is 0.308. The summed E-state index contributed by atoms with van der Waals surface area (Å²) in [5.74, 6) is 0.249. The van der Waals surface area contributed by atoms with Gasteiger partial charge in [0.1, 0.15) is 5.69 Å². The van der Waals surface area contributed by atoms with Crippen molar-refractivity contribution in [2.24, 2.45) is 0 Å². The van der Waals surface area contributed by atoms with Crippen LogP contribution in [0.4, 0.5) is 0 Å². The molecule has 0 aliphatic heterocycles. The van der Waals surface area contributed by atoms with Gasteiger partial charge in [0, 0.05) is 12.1 Å². The number of aryl methyl sites for hydroxylation is 2. The van der Waals surface area contributed by atoms with E-state index in [0.29, 0.717) is 0 Å². The van der Waals surface area contributed by atoms with Crippen LogP contribution in [0.5, 0.6) is 5.75 Å². The highest BCUT2D eigenvalue weighted by molar-refractivity contribution is 5.66. The van der Waals surface area contributed by atoms with E-state index < -0.39 is 0 Å². The Morgan fingerprint density at radius 1 is 1.38 bits per heavy atom. The molecule has 0 bridgehead atoms. The van der Waals surface area contributed by atoms with Crippen molar-refractivity contribution in [1.82, 2.24) is 9.78 Å². The summed E-state index contributed by atoms with van der Waals surface area (Å²) in [6.07, 6.45) is 2.51. The molecule has 2 rings (SSSR count). The third-order valence-electron chi connectivity index (χ3n) is 2.55. The molecule has 2 aromatic rings. The van der Waals surface area contributed by atoms with Crippen LogP contribution in [-0.2, 0) is 6.54 Å². The van der Waals surface area contributed by atoms with Gasteiger partial charge >= 0.3 is 0 Å². The average molecular weight is 216 g/mol. The molecule has 0 aliphatic rings. The van der Waals surface area contributed by atoms with Crippen molar-refractivity contribution in [3.63, 3.8) is 0 Å². The Bertz CT molecular complexity index is 488. The van der Waals surface area contributed by atoms with Crippen molar-refractivity contribution in [3.05, 3.63) is 36.0 Å². The van der Waals surface area contributed by atoms with Gasteiger partial charge in [0.05, 0.1) is 6.20 Å². The third-order valence-corrected chi connectivity index (χ3v) is 2.55. The fourth-order valence-corrected chi connectivity index (χ4v) is 1.85. The number of rotatable bonds is 3. The predicted octanol–water partition coefficient (Wildman–Crippen LogP) is 2.97. The van der Waals surface area contributed by atoms with Crippen LogP contribution in [-0.4, -0.2) is 14.9 Å². The van der Waals surface area contributed by atoms with Gasteiger partial charge < -0.3 is 5.11 Å². The minimum atomic E-state index is 0.249. The van der Waals surface area contributed by atoms with E-state index in [1.807, 2.05) is 29.8 Å². The maximum absolute atomic E-state index is 9.82. The van der Waals surface area contributed by atoms with Crippen LogP contribution in [0.1, 0.15) is 18.9 Å². The van der Waals surface area contributed by atoms with Gasteiger partial charge in [-0.2, -0.15) is 5.10 Å². The summed E-state index contributed by atoms with van der Waals surface area (Å²) in [6.45, 7) is 4.96. The highest BCUT2D eigenvalue weighted by Gasteiger charge is 2.11. The standard InChI is InChI=1S/C13H16N2O/c1-3-7-15-13(12(16)9-14-15)11-6-4-5-10(2)8-11/h4-6,8-9,16H,3,7H2,1-2H3. The van der Waals surface area contributed by atoms with Gasteiger partial charge in [-0.15, -0.1) is 0 Å². The second-order valence-electron chi connectivity index (χ2n) is 3.97. The molecule has 84 valence electrons. The van der Waals surface area contributed by atoms with Crippen LogP contribution in [0, 0.1) is 6.92 Å². The Hall–Kier alpha value is -1.77. The molecular weight excluding hydrogens is 200 g/mol. The minimum Gasteiger partial charge on any atom is -0.504 e. The maximum atomic E-state index is 9.82. The quantitative estimate of drug-likeness (QED) is 0.856. The van der Waals surface area contributed by atoms with Crippen LogP contribution in [0.2, 0.25) is 0 Å². The first-order chi connectivity index (χ1) is 7.72. The molecule has 1 aromatic heterocycles. The first-order valence-electron chi connectivity index (χ1n) is 5.54. The van der Waals surface area contributed by atoms with E-state index in [1.165, 1.54) is 11.8 Å². The van der Waals surface area contributed by atoms with Gasteiger partial charge in [0.25, 0.3) is 0 Å². The van der Waals surface area contributed by atoms with Crippen molar-refractivity contribution in [2.45, 2.75) is 26.8 Å². The lowest BCUT2D eigenvalue weighted by Gasteiger charge is -2.07. The highest BCUT2D eigenvalue weighted by atomic mass is 16.3. The Morgan fingerprint density at radius 2 is 2.19 bits per heavy atom. The van der Waals surface area contributed by atoms with Crippen molar-refractivity contribution in [3.8, 4) is 17.0 Å². The molecule has 0 amide bonds. The summed E-state index contributed by atoms with van der Waals surface area (Å²) in [5, 5.41) is 14.0. The largest absolute Gasteiger partial charge is 0.504 e. The Morgan fingerprint density at radius 3 is 2.88 bits per heavy atom. The molecular formula is C13H16N2O. The van der Waals surface area contributed by atoms with Gasteiger partial charge in [-0.3, -0.25) is 4.68 Å².